The van der Waals surface area contributed by atoms with Crippen LogP contribution < -0.4 is 10.2 Å². The molecule has 1 fully saturated rings. The van der Waals surface area contributed by atoms with E-state index in [0.717, 1.165) is 32.2 Å². The molecule has 0 radical (unpaired) electrons. The summed E-state index contributed by atoms with van der Waals surface area (Å²) in [6.07, 6.45) is -2.90. The Hall–Kier alpha value is -1.83. The number of anilines is 1. The van der Waals surface area contributed by atoms with E-state index in [1.807, 2.05) is 4.90 Å². The summed E-state index contributed by atoms with van der Waals surface area (Å²) in [7, 11) is 0. The Balaban J connectivity index is 1.96. The molecule has 0 aliphatic carbocycles. The molecule has 19 heavy (non-hydrogen) atoms. The Morgan fingerprint density at radius 3 is 2.58 bits per heavy atom. The average molecular weight is 271 g/mol. The van der Waals surface area contributed by atoms with Gasteiger partial charge >= 0.3 is 6.18 Å². The van der Waals surface area contributed by atoms with E-state index in [1.54, 1.807) is 0 Å². The van der Waals surface area contributed by atoms with Crippen LogP contribution in [0.15, 0.2) is 18.3 Å². The summed E-state index contributed by atoms with van der Waals surface area (Å²) in [4.78, 5) is 6.32. The van der Waals surface area contributed by atoms with Gasteiger partial charge in [-0.3, -0.25) is 0 Å². The third kappa shape index (κ3) is 2.35. The second-order valence-corrected chi connectivity index (χ2v) is 4.36. The Kier molecular flexibility index (Phi) is 2.81. The molecule has 2 aromatic heterocycles. The second kappa shape index (κ2) is 4.37. The molecule has 8 heteroatoms. The minimum atomic E-state index is -4.44. The highest BCUT2D eigenvalue weighted by Crippen LogP contribution is 2.27. The zero-order chi connectivity index (χ0) is 13.5. The molecule has 1 N–H and O–H groups in total. The maximum Gasteiger partial charge on any atom is 0.435 e. The number of hydrogen-bond donors (Lipinski definition) is 1. The molecule has 1 saturated heterocycles. The highest BCUT2D eigenvalue weighted by Gasteiger charge is 2.33. The smallest absolute Gasteiger partial charge is 0.353 e. The minimum Gasteiger partial charge on any atom is -0.353 e. The summed E-state index contributed by atoms with van der Waals surface area (Å²) in [6, 6.07) is 2.28. The number of piperazine rings is 1. The van der Waals surface area contributed by atoms with Gasteiger partial charge in [0, 0.05) is 26.2 Å². The first-order chi connectivity index (χ1) is 9.04. The number of rotatable bonds is 1. The lowest BCUT2D eigenvalue weighted by Crippen LogP contribution is -2.43. The quantitative estimate of drug-likeness (QED) is 0.845. The fourth-order valence-corrected chi connectivity index (χ4v) is 2.07. The molecule has 0 bridgehead atoms. The molecule has 5 nitrogen and oxygen atoms in total. The maximum absolute atomic E-state index is 12.6. The van der Waals surface area contributed by atoms with E-state index < -0.39 is 11.9 Å². The first-order valence-corrected chi connectivity index (χ1v) is 5.93. The number of halogens is 3. The number of nitrogens with one attached hydrogen (secondary N) is 1. The summed E-state index contributed by atoms with van der Waals surface area (Å²) < 4.78 is 38.9. The predicted molar refractivity (Wildman–Crippen MR) is 63.1 cm³/mol. The van der Waals surface area contributed by atoms with Gasteiger partial charge in [-0.2, -0.15) is 18.3 Å². The van der Waals surface area contributed by atoms with Crippen LogP contribution in [0.3, 0.4) is 0 Å². The number of imidazole rings is 1. The standard InChI is InChI=1S/C11H12F3N5/c12-11(13,14)8-1-2-9-16-10(7-19(9)17-8)18-5-3-15-4-6-18/h1-2,7,15H,3-6H2. The molecular weight excluding hydrogens is 259 g/mol. The molecular formula is C11H12F3N5. The van der Waals surface area contributed by atoms with E-state index in [4.69, 9.17) is 0 Å². The molecule has 1 aliphatic heterocycles. The number of aromatic nitrogens is 3. The van der Waals surface area contributed by atoms with Crippen molar-refractivity contribution in [1.82, 2.24) is 19.9 Å². The largest absolute Gasteiger partial charge is 0.435 e. The molecule has 0 amide bonds. The Morgan fingerprint density at radius 2 is 1.89 bits per heavy atom. The molecule has 3 heterocycles. The summed E-state index contributed by atoms with van der Waals surface area (Å²) in [5.41, 5.74) is -0.495. The van der Waals surface area contributed by atoms with Gasteiger partial charge in [-0.15, -0.1) is 0 Å². The van der Waals surface area contributed by atoms with Crippen LogP contribution in [-0.4, -0.2) is 40.8 Å². The molecule has 0 atom stereocenters. The third-order valence-corrected chi connectivity index (χ3v) is 3.04. The van der Waals surface area contributed by atoms with Crippen molar-refractivity contribution >= 4 is 11.5 Å². The van der Waals surface area contributed by atoms with Crippen LogP contribution >= 0.6 is 0 Å². The minimum absolute atomic E-state index is 0.418. The van der Waals surface area contributed by atoms with Gasteiger partial charge in [0.15, 0.2) is 11.3 Å². The molecule has 0 aromatic carbocycles. The van der Waals surface area contributed by atoms with E-state index in [1.165, 1.54) is 16.8 Å². The topological polar surface area (TPSA) is 45.5 Å². The van der Waals surface area contributed by atoms with Crippen LogP contribution in [0.2, 0.25) is 0 Å². The van der Waals surface area contributed by atoms with Crippen molar-refractivity contribution in [3.63, 3.8) is 0 Å². The van der Waals surface area contributed by atoms with Crippen LogP contribution in [-0.2, 0) is 6.18 Å². The average Bonchev–Trinajstić information content (AvgIpc) is 2.81. The molecule has 3 rings (SSSR count). The number of hydrogen-bond acceptors (Lipinski definition) is 4. The molecule has 1 aliphatic rings. The summed E-state index contributed by atoms with van der Waals surface area (Å²) in [6.45, 7) is 3.26. The Labute approximate surface area is 107 Å². The Morgan fingerprint density at radius 1 is 1.16 bits per heavy atom. The summed E-state index contributed by atoms with van der Waals surface area (Å²) in [5, 5.41) is 6.76. The van der Waals surface area contributed by atoms with Gasteiger partial charge in [0.1, 0.15) is 5.82 Å². The van der Waals surface area contributed by atoms with Crippen molar-refractivity contribution in [2.75, 3.05) is 31.1 Å². The van der Waals surface area contributed by atoms with E-state index in [9.17, 15) is 13.2 Å². The zero-order valence-corrected chi connectivity index (χ0v) is 9.98. The van der Waals surface area contributed by atoms with E-state index in [2.05, 4.69) is 15.4 Å². The van der Waals surface area contributed by atoms with Gasteiger partial charge in [-0.25, -0.2) is 9.50 Å². The van der Waals surface area contributed by atoms with Crippen molar-refractivity contribution in [3.8, 4) is 0 Å². The van der Waals surface area contributed by atoms with Gasteiger partial charge < -0.3 is 10.2 Å². The van der Waals surface area contributed by atoms with Crippen molar-refractivity contribution < 1.29 is 13.2 Å². The van der Waals surface area contributed by atoms with Crippen molar-refractivity contribution in [1.29, 1.82) is 0 Å². The Bertz CT molecular complexity index is 586. The van der Waals surface area contributed by atoms with Crippen LogP contribution in [0.25, 0.3) is 5.65 Å². The number of fused-ring (bicyclic) bond motifs is 1. The van der Waals surface area contributed by atoms with E-state index in [0.29, 0.717) is 11.5 Å². The molecule has 102 valence electrons. The first-order valence-electron chi connectivity index (χ1n) is 5.93. The summed E-state index contributed by atoms with van der Waals surface area (Å²) >= 11 is 0. The van der Waals surface area contributed by atoms with Crippen LogP contribution in [0, 0.1) is 0 Å². The zero-order valence-electron chi connectivity index (χ0n) is 9.98. The lowest BCUT2D eigenvalue weighted by atomic mass is 10.4. The van der Waals surface area contributed by atoms with Crippen molar-refractivity contribution in [3.05, 3.63) is 24.0 Å². The van der Waals surface area contributed by atoms with Crippen LogP contribution in [0.5, 0.6) is 0 Å². The lowest BCUT2D eigenvalue weighted by Gasteiger charge is -2.26. The van der Waals surface area contributed by atoms with Gasteiger partial charge in [0.05, 0.1) is 6.20 Å². The highest BCUT2D eigenvalue weighted by molar-refractivity contribution is 5.49. The fraction of sp³-hybridized carbons (Fsp3) is 0.455. The van der Waals surface area contributed by atoms with Crippen molar-refractivity contribution in [2.24, 2.45) is 0 Å². The normalized spacial score (nSPS) is 17.1. The monoisotopic (exact) mass is 271 g/mol. The molecule has 0 saturated carbocycles. The lowest BCUT2D eigenvalue weighted by molar-refractivity contribution is -0.141. The second-order valence-electron chi connectivity index (χ2n) is 4.36. The molecule has 2 aromatic rings. The SMILES string of the molecule is FC(F)(F)c1ccc2nc(N3CCNCC3)cn2n1. The molecule has 0 unspecified atom stereocenters. The molecule has 0 spiro atoms. The van der Waals surface area contributed by atoms with Gasteiger partial charge in [-0.1, -0.05) is 0 Å². The van der Waals surface area contributed by atoms with Crippen LogP contribution in [0.1, 0.15) is 5.69 Å². The van der Waals surface area contributed by atoms with Gasteiger partial charge in [0.2, 0.25) is 0 Å². The van der Waals surface area contributed by atoms with Gasteiger partial charge in [-0.05, 0) is 12.1 Å². The summed E-state index contributed by atoms with van der Waals surface area (Å²) in [5.74, 6) is 0.660. The third-order valence-electron chi connectivity index (χ3n) is 3.04. The predicted octanol–water partition coefficient (Wildman–Crippen LogP) is 1.16. The first kappa shape index (κ1) is 12.2. The van der Waals surface area contributed by atoms with E-state index >= 15 is 0 Å². The fourth-order valence-electron chi connectivity index (χ4n) is 2.07. The van der Waals surface area contributed by atoms with Gasteiger partial charge in [0.25, 0.3) is 0 Å². The van der Waals surface area contributed by atoms with Crippen molar-refractivity contribution in [2.45, 2.75) is 6.18 Å². The number of nitrogens with zero attached hydrogens (tertiary/aromatic N) is 4. The highest BCUT2D eigenvalue weighted by atomic mass is 19.4. The van der Waals surface area contributed by atoms with Crippen LogP contribution in [0.4, 0.5) is 19.0 Å². The van der Waals surface area contributed by atoms with E-state index in [-0.39, 0.29) is 0 Å². The number of alkyl halides is 3. The maximum atomic E-state index is 12.6.